The molecule has 0 aliphatic rings. The number of nitrogens with zero attached hydrogens (tertiary/aromatic N) is 2. The van der Waals surface area contributed by atoms with E-state index < -0.39 is 0 Å². The van der Waals surface area contributed by atoms with Crippen LogP contribution in [0.4, 0.5) is 4.79 Å². The zero-order valence-corrected chi connectivity index (χ0v) is 16.4. The molecule has 2 aromatic rings. The molecule has 136 valence electrons. The lowest BCUT2D eigenvalue weighted by atomic mass is 10.2. The molecule has 0 spiro atoms. The molecule has 0 radical (unpaired) electrons. The molecule has 0 saturated carbocycles. The lowest BCUT2D eigenvalue weighted by Crippen LogP contribution is -2.45. The number of aryl methyl sites for hydroxylation is 1. The van der Waals surface area contributed by atoms with Crippen LogP contribution in [0.3, 0.4) is 0 Å². The number of hydrogen-bond acceptors (Lipinski definition) is 4. The molecule has 0 aliphatic heterocycles. The summed E-state index contributed by atoms with van der Waals surface area (Å²) < 4.78 is 5.77. The quantitative estimate of drug-likeness (QED) is 0.797. The van der Waals surface area contributed by atoms with E-state index in [1.54, 1.807) is 16.2 Å². The van der Waals surface area contributed by atoms with E-state index in [2.05, 4.69) is 10.3 Å². The van der Waals surface area contributed by atoms with Crippen LogP contribution >= 0.6 is 11.3 Å². The van der Waals surface area contributed by atoms with E-state index in [4.69, 9.17) is 4.74 Å². The molecule has 1 N–H and O–H groups in total. The third-order valence-electron chi connectivity index (χ3n) is 3.61. The maximum absolute atomic E-state index is 12.3. The third-order valence-corrected chi connectivity index (χ3v) is 4.48. The molecule has 1 aromatic heterocycles. The van der Waals surface area contributed by atoms with Crippen LogP contribution in [0.25, 0.3) is 0 Å². The summed E-state index contributed by atoms with van der Waals surface area (Å²) in [7, 11) is 0. The number of carbonyl (C=O) groups is 1. The van der Waals surface area contributed by atoms with Gasteiger partial charge in [-0.1, -0.05) is 17.7 Å². The predicted molar refractivity (Wildman–Crippen MR) is 102 cm³/mol. The van der Waals surface area contributed by atoms with Crippen molar-refractivity contribution in [3.63, 3.8) is 0 Å². The molecule has 2 amide bonds. The van der Waals surface area contributed by atoms with Gasteiger partial charge in [-0.3, -0.25) is 0 Å². The standard InChI is InChI=1S/C19H27N3O2S/c1-13(2)20-19(23)22(14(3)4)10-16-12-25-18(21-16)11-24-17-8-6-15(5)7-9-17/h6-9,12-14H,10-11H2,1-5H3,(H,20,23). The average molecular weight is 362 g/mol. The second-order valence-electron chi connectivity index (χ2n) is 6.66. The summed E-state index contributed by atoms with van der Waals surface area (Å²) in [5.74, 6) is 0.836. The van der Waals surface area contributed by atoms with Crippen LogP contribution in [0.15, 0.2) is 29.6 Å². The normalized spacial score (nSPS) is 11.0. The average Bonchev–Trinajstić information content (AvgIpc) is 2.98. The summed E-state index contributed by atoms with van der Waals surface area (Å²) in [6, 6.07) is 8.12. The van der Waals surface area contributed by atoms with Crippen LogP contribution in [0.5, 0.6) is 5.75 Å². The number of amides is 2. The van der Waals surface area contributed by atoms with Gasteiger partial charge in [0.25, 0.3) is 0 Å². The number of rotatable bonds is 7. The van der Waals surface area contributed by atoms with Gasteiger partial charge in [0, 0.05) is 17.5 Å². The van der Waals surface area contributed by atoms with Gasteiger partial charge in [-0.15, -0.1) is 11.3 Å². The molecule has 0 bridgehead atoms. The Labute approximate surface area is 154 Å². The van der Waals surface area contributed by atoms with Crippen molar-refractivity contribution in [1.29, 1.82) is 0 Å². The van der Waals surface area contributed by atoms with Crippen molar-refractivity contribution in [3.8, 4) is 5.75 Å². The highest BCUT2D eigenvalue weighted by molar-refractivity contribution is 7.09. The number of urea groups is 1. The van der Waals surface area contributed by atoms with E-state index in [-0.39, 0.29) is 18.1 Å². The van der Waals surface area contributed by atoms with E-state index in [9.17, 15) is 4.79 Å². The Hall–Kier alpha value is -2.08. The number of hydrogen-bond donors (Lipinski definition) is 1. The SMILES string of the molecule is Cc1ccc(OCc2nc(CN(C(=O)NC(C)C)C(C)C)cs2)cc1. The maximum Gasteiger partial charge on any atom is 0.318 e. The Balaban J connectivity index is 1.94. The summed E-state index contributed by atoms with van der Waals surface area (Å²) in [5.41, 5.74) is 2.09. The number of benzene rings is 1. The summed E-state index contributed by atoms with van der Waals surface area (Å²) >= 11 is 1.56. The number of ether oxygens (including phenoxy) is 1. The number of nitrogens with one attached hydrogen (secondary N) is 1. The predicted octanol–water partition coefficient (Wildman–Crippen LogP) is 4.36. The largest absolute Gasteiger partial charge is 0.486 e. The van der Waals surface area contributed by atoms with Crippen LogP contribution in [0.1, 0.15) is 44.0 Å². The fraction of sp³-hybridized carbons (Fsp3) is 0.474. The van der Waals surface area contributed by atoms with Crippen molar-refractivity contribution < 1.29 is 9.53 Å². The third kappa shape index (κ3) is 6.05. The van der Waals surface area contributed by atoms with Crippen molar-refractivity contribution in [2.45, 2.75) is 59.9 Å². The maximum atomic E-state index is 12.3. The highest BCUT2D eigenvalue weighted by Gasteiger charge is 2.19. The molecule has 0 atom stereocenters. The van der Waals surface area contributed by atoms with Gasteiger partial charge < -0.3 is 15.0 Å². The van der Waals surface area contributed by atoms with E-state index in [1.807, 2.05) is 64.3 Å². The lowest BCUT2D eigenvalue weighted by molar-refractivity contribution is 0.176. The topological polar surface area (TPSA) is 54.5 Å². The Kier molecular flexibility index (Phi) is 6.82. The van der Waals surface area contributed by atoms with Crippen molar-refractivity contribution in [1.82, 2.24) is 15.2 Å². The highest BCUT2D eigenvalue weighted by atomic mass is 32.1. The molecule has 25 heavy (non-hydrogen) atoms. The van der Waals surface area contributed by atoms with Crippen LogP contribution in [-0.4, -0.2) is 28.0 Å². The van der Waals surface area contributed by atoms with Gasteiger partial charge in [0.2, 0.25) is 0 Å². The zero-order valence-electron chi connectivity index (χ0n) is 15.6. The first-order chi connectivity index (χ1) is 11.8. The monoisotopic (exact) mass is 361 g/mol. The van der Waals surface area contributed by atoms with Gasteiger partial charge in [0.05, 0.1) is 12.2 Å². The second-order valence-corrected chi connectivity index (χ2v) is 7.60. The molecular weight excluding hydrogens is 334 g/mol. The van der Waals surface area contributed by atoms with E-state index >= 15 is 0 Å². The number of thiazole rings is 1. The Morgan fingerprint density at radius 2 is 1.92 bits per heavy atom. The van der Waals surface area contributed by atoms with Crippen LogP contribution in [-0.2, 0) is 13.2 Å². The molecular formula is C19H27N3O2S. The smallest absolute Gasteiger partial charge is 0.318 e. The first-order valence-corrected chi connectivity index (χ1v) is 9.43. The van der Waals surface area contributed by atoms with Gasteiger partial charge in [-0.05, 0) is 46.8 Å². The minimum atomic E-state index is -0.0598. The first kappa shape index (κ1) is 19.2. The van der Waals surface area contributed by atoms with Gasteiger partial charge in [-0.2, -0.15) is 0 Å². The van der Waals surface area contributed by atoms with E-state index in [0.717, 1.165) is 16.5 Å². The van der Waals surface area contributed by atoms with Crippen LogP contribution in [0, 0.1) is 6.92 Å². The summed E-state index contributed by atoms with van der Waals surface area (Å²) in [6.07, 6.45) is 0. The Morgan fingerprint density at radius 1 is 1.24 bits per heavy atom. The van der Waals surface area contributed by atoms with Crippen molar-refractivity contribution >= 4 is 17.4 Å². The molecule has 0 fully saturated rings. The molecule has 0 aliphatic carbocycles. The fourth-order valence-electron chi connectivity index (χ4n) is 2.26. The van der Waals surface area contributed by atoms with Gasteiger partial charge in [0.15, 0.2) is 0 Å². The lowest BCUT2D eigenvalue weighted by Gasteiger charge is -2.27. The first-order valence-electron chi connectivity index (χ1n) is 8.55. The Morgan fingerprint density at radius 3 is 2.52 bits per heavy atom. The minimum absolute atomic E-state index is 0.0598. The van der Waals surface area contributed by atoms with Gasteiger partial charge in [-0.25, -0.2) is 9.78 Å². The van der Waals surface area contributed by atoms with Crippen LogP contribution < -0.4 is 10.1 Å². The van der Waals surface area contributed by atoms with Crippen molar-refractivity contribution in [2.24, 2.45) is 0 Å². The fourth-order valence-corrected chi connectivity index (χ4v) is 2.96. The van der Waals surface area contributed by atoms with Crippen LogP contribution in [0.2, 0.25) is 0 Å². The Bertz CT molecular complexity index is 680. The second kappa shape index (κ2) is 8.85. The molecule has 1 heterocycles. The zero-order chi connectivity index (χ0) is 18.4. The van der Waals surface area contributed by atoms with Crippen molar-refractivity contribution in [3.05, 3.63) is 45.9 Å². The highest BCUT2D eigenvalue weighted by Crippen LogP contribution is 2.17. The minimum Gasteiger partial charge on any atom is -0.486 e. The number of carbonyl (C=O) groups excluding carboxylic acids is 1. The molecule has 0 unspecified atom stereocenters. The van der Waals surface area contributed by atoms with E-state index in [1.165, 1.54) is 5.56 Å². The molecule has 2 rings (SSSR count). The molecule has 5 nitrogen and oxygen atoms in total. The molecule has 1 aromatic carbocycles. The summed E-state index contributed by atoms with van der Waals surface area (Å²) in [5, 5.41) is 5.84. The summed E-state index contributed by atoms with van der Waals surface area (Å²) in [4.78, 5) is 18.7. The van der Waals surface area contributed by atoms with Gasteiger partial charge in [0.1, 0.15) is 17.4 Å². The number of aromatic nitrogens is 1. The molecule has 0 saturated heterocycles. The van der Waals surface area contributed by atoms with E-state index in [0.29, 0.717) is 13.2 Å². The van der Waals surface area contributed by atoms with Crippen molar-refractivity contribution in [2.75, 3.05) is 0 Å². The summed E-state index contributed by atoms with van der Waals surface area (Å²) in [6.45, 7) is 10.9. The van der Waals surface area contributed by atoms with Gasteiger partial charge >= 0.3 is 6.03 Å². The molecule has 6 heteroatoms.